The van der Waals surface area contributed by atoms with Gasteiger partial charge in [-0.05, 0) is 99.1 Å². The van der Waals surface area contributed by atoms with Gasteiger partial charge in [-0.15, -0.1) is 0 Å². The summed E-state index contributed by atoms with van der Waals surface area (Å²) in [4.78, 5) is 195. The van der Waals surface area contributed by atoms with Crippen LogP contribution >= 0.6 is 0 Å². The van der Waals surface area contributed by atoms with Crippen LogP contribution in [0.4, 0.5) is 4.79 Å². The van der Waals surface area contributed by atoms with Crippen molar-refractivity contribution in [2.75, 3.05) is 91.6 Å². The first kappa shape index (κ1) is 81.3. The molecular weight excluding hydrogens is 1350 g/mol. The Balaban J connectivity index is 0.964. The van der Waals surface area contributed by atoms with Crippen LogP contribution in [0.1, 0.15) is 107 Å². The Labute approximate surface area is 601 Å². The summed E-state index contributed by atoms with van der Waals surface area (Å²) in [6.07, 6.45) is 8.96. The number of carboxylic acids is 5. The largest absolute Gasteiger partial charge is 0.481 e. The van der Waals surface area contributed by atoms with Crippen molar-refractivity contribution in [3.8, 4) is 0 Å². The van der Waals surface area contributed by atoms with Crippen molar-refractivity contribution >= 4 is 87.5 Å². The predicted octanol–water partition coefficient (Wildman–Crippen LogP) is 2.35. The topological polar surface area (TPSA) is 469 Å². The number of nitrogens with one attached hydrogen (secondary N) is 8. The number of hydrogen-bond acceptors (Lipinski definition) is 19. The van der Waals surface area contributed by atoms with Crippen molar-refractivity contribution in [2.24, 2.45) is 29.6 Å². The Kier molecular flexibility index (Phi) is 32.7. The van der Waals surface area contributed by atoms with Gasteiger partial charge in [0, 0.05) is 158 Å². The minimum Gasteiger partial charge on any atom is -0.481 e. The van der Waals surface area contributed by atoms with Crippen LogP contribution in [0.2, 0.25) is 0 Å². The number of Topliss-reactive ketones (excluding diaryl/α,β-unsaturated/α-hetero) is 4. The molecule has 2 fully saturated rings. The lowest BCUT2D eigenvalue weighted by Crippen LogP contribution is -2.51. The van der Waals surface area contributed by atoms with Crippen LogP contribution in [0, 0.1) is 29.6 Å². The molecule has 6 unspecified atom stereocenters. The van der Waals surface area contributed by atoms with Crippen LogP contribution in [0.3, 0.4) is 0 Å². The van der Waals surface area contributed by atoms with Crippen molar-refractivity contribution in [3.63, 3.8) is 0 Å². The maximum absolute atomic E-state index is 14.8. The molecule has 0 bridgehead atoms. The summed E-state index contributed by atoms with van der Waals surface area (Å²) >= 11 is 0. The molecule has 5 amide bonds. The molecule has 1 saturated carbocycles. The van der Waals surface area contributed by atoms with Crippen LogP contribution in [-0.4, -0.2) is 257 Å². The second kappa shape index (κ2) is 41.9. The zero-order valence-corrected chi connectivity index (χ0v) is 58.6. The number of ketones is 4. The van der Waals surface area contributed by atoms with E-state index in [0.717, 1.165) is 16.3 Å². The van der Waals surface area contributed by atoms with E-state index < -0.39 is 102 Å². The number of nitrogens with zero attached hydrogens (tertiary/aromatic N) is 6. The molecule has 32 heteroatoms. The number of aromatic nitrogens is 5. The van der Waals surface area contributed by atoms with E-state index in [0.29, 0.717) is 55.9 Å². The molecule has 1 saturated heterocycles. The zero-order valence-electron chi connectivity index (χ0n) is 58.6. The fraction of sp³-hybridized carbons (Fsp3) is 0.542. The third-order valence-electron chi connectivity index (χ3n) is 19.0. The van der Waals surface area contributed by atoms with E-state index >= 15 is 0 Å². The van der Waals surface area contributed by atoms with Gasteiger partial charge in [0.25, 0.3) is 0 Å². The lowest BCUT2D eigenvalue weighted by Gasteiger charge is -2.33. The number of rotatable bonds is 42. The molecule has 1 aliphatic carbocycles. The molecule has 32 nitrogen and oxygen atoms in total. The number of benzene rings is 2. The molecule has 7 rings (SSSR count). The Hall–Kier alpha value is -10.0. The highest BCUT2D eigenvalue weighted by atomic mass is 16.4. The molecule has 4 heterocycles. The van der Waals surface area contributed by atoms with Crippen LogP contribution in [-0.2, 0) is 83.2 Å². The highest BCUT2D eigenvalue weighted by Crippen LogP contribution is 2.32. The Morgan fingerprint density at radius 1 is 0.510 bits per heavy atom. The van der Waals surface area contributed by atoms with Gasteiger partial charge in [-0.1, -0.05) is 42.5 Å². The maximum Gasteiger partial charge on any atom is 0.326 e. The van der Waals surface area contributed by atoms with Gasteiger partial charge in [-0.25, -0.2) is 24.4 Å². The summed E-state index contributed by atoms with van der Waals surface area (Å²) in [5, 5.41) is 63.0. The first-order chi connectivity index (χ1) is 49.8. The molecule has 13 N–H and O–H groups in total. The van der Waals surface area contributed by atoms with Crippen molar-refractivity contribution in [1.29, 1.82) is 0 Å². The summed E-state index contributed by atoms with van der Waals surface area (Å²) < 4.78 is 0. The molecule has 0 spiro atoms. The summed E-state index contributed by atoms with van der Waals surface area (Å²) in [5.74, 6) is -11.8. The van der Waals surface area contributed by atoms with Crippen molar-refractivity contribution in [2.45, 2.75) is 128 Å². The zero-order chi connectivity index (χ0) is 75.1. The van der Waals surface area contributed by atoms with E-state index in [1.165, 1.54) is 25.8 Å². The second-order valence-corrected chi connectivity index (χ2v) is 27.3. The lowest BCUT2D eigenvalue weighted by atomic mass is 9.77. The van der Waals surface area contributed by atoms with Gasteiger partial charge in [0.1, 0.15) is 29.4 Å². The number of imidazole rings is 2. The smallest absolute Gasteiger partial charge is 0.326 e. The quantitative estimate of drug-likeness (QED) is 0.0249. The van der Waals surface area contributed by atoms with Crippen LogP contribution < -0.4 is 26.6 Å². The minimum absolute atomic E-state index is 0.0130. The normalized spacial score (nSPS) is 17.6. The number of aliphatic carboxylic acids is 5. The van der Waals surface area contributed by atoms with Gasteiger partial charge in [-0.3, -0.25) is 67.5 Å². The van der Waals surface area contributed by atoms with Gasteiger partial charge >= 0.3 is 35.9 Å². The molecule has 5 aromatic rings. The van der Waals surface area contributed by atoms with E-state index in [1.54, 1.807) is 34.3 Å². The highest BCUT2D eigenvalue weighted by molar-refractivity contribution is 5.95. The average molecular weight is 1450 g/mol. The number of carbonyl (C=O) groups excluding carboxylic acids is 8. The van der Waals surface area contributed by atoms with Gasteiger partial charge < -0.3 is 67.1 Å². The molecule has 3 aromatic heterocycles. The van der Waals surface area contributed by atoms with Crippen LogP contribution in [0.15, 0.2) is 85.8 Å². The van der Waals surface area contributed by atoms with Crippen molar-refractivity contribution in [1.82, 2.24) is 71.1 Å². The van der Waals surface area contributed by atoms with Crippen molar-refractivity contribution in [3.05, 3.63) is 108 Å². The predicted molar refractivity (Wildman–Crippen MR) is 376 cm³/mol. The number of carbonyl (C=O) groups is 13. The van der Waals surface area contributed by atoms with Gasteiger partial charge in [-0.2, -0.15) is 0 Å². The first-order valence-electron chi connectivity index (χ1n) is 35.4. The van der Waals surface area contributed by atoms with E-state index in [2.05, 4.69) is 51.5 Å². The number of H-pyrrole nitrogens is 3. The number of urea groups is 1. The van der Waals surface area contributed by atoms with E-state index in [1.807, 2.05) is 52.3 Å². The number of unbranched alkanes of at least 4 members (excludes halogenated alkanes) is 1. The molecule has 2 aliphatic rings. The Bertz CT molecular complexity index is 3640. The Morgan fingerprint density at radius 2 is 1.06 bits per heavy atom. The molecule has 104 heavy (non-hydrogen) atoms. The minimum atomic E-state index is -1.57. The number of amides is 5. The summed E-state index contributed by atoms with van der Waals surface area (Å²) in [6.45, 7) is 3.30. The number of aromatic amines is 3. The third-order valence-corrected chi connectivity index (χ3v) is 19.0. The monoisotopic (exact) mass is 1450 g/mol. The third kappa shape index (κ3) is 28.6. The molecule has 6 atom stereocenters. The van der Waals surface area contributed by atoms with Gasteiger partial charge in [0.2, 0.25) is 17.7 Å². The van der Waals surface area contributed by atoms with Gasteiger partial charge in [0.05, 0.1) is 56.7 Å². The summed E-state index contributed by atoms with van der Waals surface area (Å²) in [7, 11) is 0. The molecule has 2 aromatic carbocycles. The van der Waals surface area contributed by atoms with Gasteiger partial charge in [0.15, 0.2) is 5.78 Å². The molecule has 0 radical (unpaired) electrons. The number of carboxylic acid groups (broad SMARTS) is 5. The SMILES string of the molecule is CC(=O)CN1CCN(CC(=O)O)CCN(CC(=O)CC(Cc2cnc[nH]2)C(=O)NC(Cc2ccc[nH]2)C(=O)CC(Cc2cnc[nH]2)C(=O)NCC2CCC(C(=O)CC(Cc3ccc4ccccc4c3)C(=O)NCCCCC(NC(=O)NC(CCC(=O)O)C(=O)O)C(=O)O)CC2)CCN(CC(=O)O)CC1. The second-order valence-electron chi connectivity index (χ2n) is 27.3. The first-order valence-corrected chi connectivity index (χ1v) is 35.4. The standard InChI is InChI=1S/C72H98N14O18/c1-46(87)40-83-21-25-85(42-65(93)94)27-23-84(24-28-86(26-22-83)43-66(95)96)41-58(88)33-53(31-56-38-73-44-78-56)69(99)80-61(36-55-9-6-20-75-55)63(90)35-54(32-57-39-74-45-79-57)68(98)77-37-47-11-15-50(16-12-47)62(89)34-52(30-48-13-14-49-7-2-3-8-51(49)29-48)67(97)76-19-5-4-10-59(70(100)101)81-72(104)82-60(71(102)103)17-18-64(91)92/h2-3,6-9,13-14,20,29,38-39,44-45,47,50,52-54,59-61,75H,4-5,10-12,15-19,21-28,30-37,40-43H2,1H3,(H,73,78)(H,74,79)(H,76,97)(H,77,98)(H,80,99)(H,91,92)(H,93,94)(H,95,96)(H,100,101)(H,102,103)(H2,81,82,104). The molecular formula is C72H98N14O18. The maximum atomic E-state index is 14.8. The fourth-order valence-electron chi connectivity index (χ4n) is 13.3. The number of hydrogen-bond donors (Lipinski definition) is 13. The van der Waals surface area contributed by atoms with Crippen LogP contribution in [0.25, 0.3) is 10.8 Å². The summed E-state index contributed by atoms with van der Waals surface area (Å²) in [6, 6.07) is 11.8. The van der Waals surface area contributed by atoms with E-state index in [-0.39, 0.29) is 178 Å². The molecule has 564 valence electrons. The summed E-state index contributed by atoms with van der Waals surface area (Å²) in [5.41, 5.74) is 2.58. The van der Waals surface area contributed by atoms with Crippen molar-refractivity contribution < 1.29 is 87.9 Å². The van der Waals surface area contributed by atoms with E-state index in [4.69, 9.17) is 5.11 Å². The number of fused-ring (bicyclic) bond motifs is 1. The average Bonchev–Trinajstić information content (AvgIpc) is 0.970. The lowest BCUT2D eigenvalue weighted by molar-refractivity contribution is -0.141. The molecule has 1 aliphatic heterocycles. The fourth-order valence-corrected chi connectivity index (χ4v) is 13.3. The highest BCUT2D eigenvalue weighted by Gasteiger charge is 2.35. The Morgan fingerprint density at radius 3 is 1.60 bits per heavy atom. The van der Waals surface area contributed by atoms with Crippen LogP contribution in [0.5, 0.6) is 0 Å². The van der Waals surface area contributed by atoms with E-state index in [9.17, 15) is 82.8 Å².